The maximum absolute atomic E-state index is 12.2. The summed E-state index contributed by atoms with van der Waals surface area (Å²) in [6, 6.07) is 16.0. The summed E-state index contributed by atoms with van der Waals surface area (Å²) in [6.07, 6.45) is 0. The molecule has 1 aliphatic rings. The summed E-state index contributed by atoms with van der Waals surface area (Å²) in [5, 5.41) is 2.90. The number of nitrogens with zero attached hydrogens (tertiary/aromatic N) is 2. The Morgan fingerprint density at radius 3 is 2.14 bits per heavy atom. The van der Waals surface area contributed by atoms with Gasteiger partial charge in [-0.3, -0.25) is 4.79 Å². The Kier molecular flexibility index (Phi) is 6.80. The SMILES string of the molecule is CCN1CCN(c2ccc(NC(=O)COc3ccc(C(C)(C)C)cc3)cc2)CC1. The molecule has 29 heavy (non-hydrogen) atoms. The van der Waals surface area contributed by atoms with E-state index in [4.69, 9.17) is 4.74 Å². The molecule has 5 nitrogen and oxygen atoms in total. The molecule has 0 unspecified atom stereocenters. The van der Waals surface area contributed by atoms with E-state index in [0.29, 0.717) is 5.75 Å². The third kappa shape index (κ3) is 5.97. The van der Waals surface area contributed by atoms with Crippen molar-refractivity contribution in [3.05, 3.63) is 54.1 Å². The van der Waals surface area contributed by atoms with Gasteiger partial charge in [0.1, 0.15) is 5.75 Å². The molecule has 0 bridgehead atoms. The zero-order chi connectivity index (χ0) is 20.9. The fourth-order valence-electron chi connectivity index (χ4n) is 3.47. The fourth-order valence-corrected chi connectivity index (χ4v) is 3.47. The van der Waals surface area contributed by atoms with Gasteiger partial charge in [0, 0.05) is 37.6 Å². The van der Waals surface area contributed by atoms with Gasteiger partial charge in [-0.25, -0.2) is 0 Å². The molecular formula is C24H33N3O2. The number of hydrogen-bond donors (Lipinski definition) is 1. The highest BCUT2D eigenvalue weighted by Crippen LogP contribution is 2.24. The Morgan fingerprint density at radius 1 is 0.966 bits per heavy atom. The van der Waals surface area contributed by atoms with Crippen LogP contribution in [0.15, 0.2) is 48.5 Å². The molecule has 1 fully saturated rings. The Balaban J connectivity index is 1.47. The van der Waals surface area contributed by atoms with Gasteiger partial charge >= 0.3 is 0 Å². The number of anilines is 2. The summed E-state index contributed by atoms with van der Waals surface area (Å²) < 4.78 is 5.62. The van der Waals surface area contributed by atoms with Crippen LogP contribution >= 0.6 is 0 Å². The summed E-state index contributed by atoms with van der Waals surface area (Å²) in [4.78, 5) is 17.1. The van der Waals surface area contributed by atoms with Gasteiger partial charge in [-0.15, -0.1) is 0 Å². The van der Waals surface area contributed by atoms with Gasteiger partial charge in [0.2, 0.25) is 0 Å². The van der Waals surface area contributed by atoms with Crippen molar-refractivity contribution in [3.8, 4) is 5.75 Å². The van der Waals surface area contributed by atoms with E-state index in [1.807, 2.05) is 36.4 Å². The van der Waals surface area contributed by atoms with Gasteiger partial charge in [-0.1, -0.05) is 39.8 Å². The van der Waals surface area contributed by atoms with E-state index < -0.39 is 0 Å². The third-order valence-corrected chi connectivity index (χ3v) is 5.43. The average Bonchev–Trinajstić information content (AvgIpc) is 2.72. The maximum Gasteiger partial charge on any atom is 0.262 e. The van der Waals surface area contributed by atoms with Gasteiger partial charge in [0.05, 0.1) is 0 Å². The molecule has 1 heterocycles. The molecule has 156 valence electrons. The van der Waals surface area contributed by atoms with Crippen molar-refractivity contribution in [2.75, 3.05) is 49.5 Å². The first-order valence-electron chi connectivity index (χ1n) is 10.5. The summed E-state index contributed by atoms with van der Waals surface area (Å²) in [7, 11) is 0. The van der Waals surface area contributed by atoms with Crippen molar-refractivity contribution in [2.45, 2.75) is 33.1 Å². The summed E-state index contributed by atoms with van der Waals surface area (Å²) in [5.41, 5.74) is 3.34. The highest BCUT2D eigenvalue weighted by molar-refractivity contribution is 5.92. The first-order valence-corrected chi connectivity index (χ1v) is 10.5. The minimum absolute atomic E-state index is 0.00437. The lowest BCUT2D eigenvalue weighted by atomic mass is 9.87. The molecule has 0 atom stereocenters. The zero-order valence-corrected chi connectivity index (χ0v) is 18.1. The largest absolute Gasteiger partial charge is 0.484 e. The predicted molar refractivity (Wildman–Crippen MR) is 120 cm³/mol. The van der Waals surface area contributed by atoms with Crippen LogP contribution in [-0.4, -0.2) is 50.1 Å². The topological polar surface area (TPSA) is 44.8 Å². The van der Waals surface area contributed by atoms with Crippen LogP contribution in [0.25, 0.3) is 0 Å². The average molecular weight is 396 g/mol. The number of ether oxygens (including phenoxy) is 1. The smallest absolute Gasteiger partial charge is 0.262 e. The molecule has 0 saturated carbocycles. The maximum atomic E-state index is 12.2. The molecule has 5 heteroatoms. The summed E-state index contributed by atoms with van der Waals surface area (Å²) in [5.74, 6) is 0.545. The molecule has 2 aromatic rings. The molecule has 1 saturated heterocycles. The van der Waals surface area contributed by atoms with Crippen molar-refractivity contribution in [3.63, 3.8) is 0 Å². The standard InChI is InChI=1S/C24H33N3O2/c1-5-26-14-16-27(17-15-26)21-10-8-20(9-11-21)25-23(28)18-29-22-12-6-19(7-13-22)24(2,3)4/h6-13H,5,14-18H2,1-4H3,(H,25,28). The highest BCUT2D eigenvalue weighted by atomic mass is 16.5. The minimum atomic E-state index is -0.158. The Labute approximate surface area is 174 Å². The normalized spacial score (nSPS) is 15.2. The molecule has 0 aliphatic carbocycles. The third-order valence-electron chi connectivity index (χ3n) is 5.43. The first-order chi connectivity index (χ1) is 13.8. The van der Waals surface area contributed by atoms with Crippen molar-refractivity contribution in [2.24, 2.45) is 0 Å². The van der Waals surface area contributed by atoms with Crippen LogP contribution in [0.5, 0.6) is 5.75 Å². The Hall–Kier alpha value is -2.53. The van der Waals surface area contributed by atoms with E-state index in [0.717, 1.165) is 38.4 Å². The van der Waals surface area contributed by atoms with Crippen molar-refractivity contribution in [1.29, 1.82) is 0 Å². The second kappa shape index (κ2) is 9.31. The van der Waals surface area contributed by atoms with Crippen LogP contribution < -0.4 is 15.0 Å². The van der Waals surface area contributed by atoms with Crippen molar-refractivity contribution in [1.82, 2.24) is 4.90 Å². The van der Waals surface area contributed by atoms with E-state index in [1.165, 1.54) is 11.3 Å². The second-order valence-corrected chi connectivity index (χ2v) is 8.58. The second-order valence-electron chi connectivity index (χ2n) is 8.58. The molecule has 0 aromatic heterocycles. The van der Waals surface area contributed by atoms with E-state index in [9.17, 15) is 4.79 Å². The number of nitrogens with one attached hydrogen (secondary N) is 1. The van der Waals surface area contributed by atoms with E-state index >= 15 is 0 Å². The number of carbonyl (C=O) groups is 1. The van der Waals surface area contributed by atoms with Crippen LogP contribution in [0.3, 0.4) is 0 Å². The molecule has 3 rings (SSSR count). The van der Waals surface area contributed by atoms with E-state index in [2.05, 4.69) is 54.9 Å². The fraction of sp³-hybridized carbons (Fsp3) is 0.458. The van der Waals surface area contributed by atoms with Gasteiger partial charge in [0.25, 0.3) is 5.91 Å². The number of rotatable bonds is 6. The highest BCUT2D eigenvalue weighted by Gasteiger charge is 2.16. The molecule has 1 aliphatic heterocycles. The molecular weight excluding hydrogens is 362 g/mol. The van der Waals surface area contributed by atoms with E-state index in [1.54, 1.807) is 0 Å². The van der Waals surface area contributed by atoms with Crippen LogP contribution in [-0.2, 0) is 10.2 Å². The number of likely N-dealkylation sites (N-methyl/N-ethyl adjacent to an activating group) is 1. The zero-order valence-electron chi connectivity index (χ0n) is 18.1. The quantitative estimate of drug-likeness (QED) is 0.798. The first kappa shape index (κ1) is 21.2. The Bertz CT molecular complexity index is 786. The number of carbonyl (C=O) groups excluding carboxylic acids is 1. The number of hydrogen-bond acceptors (Lipinski definition) is 4. The van der Waals surface area contributed by atoms with Crippen LogP contribution in [0.1, 0.15) is 33.3 Å². The lowest BCUT2D eigenvalue weighted by Gasteiger charge is -2.35. The molecule has 0 spiro atoms. The van der Waals surface area contributed by atoms with Crippen molar-refractivity contribution >= 4 is 17.3 Å². The summed E-state index contributed by atoms with van der Waals surface area (Å²) >= 11 is 0. The van der Waals surface area contributed by atoms with Crippen LogP contribution in [0.2, 0.25) is 0 Å². The predicted octanol–water partition coefficient (Wildman–Crippen LogP) is 4.14. The monoisotopic (exact) mass is 395 g/mol. The molecule has 1 amide bonds. The van der Waals surface area contributed by atoms with Gasteiger partial charge in [-0.2, -0.15) is 0 Å². The van der Waals surface area contributed by atoms with E-state index in [-0.39, 0.29) is 17.9 Å². The number of benzene rings is 2. The Morgan fingerprint density at radius 2 is 1.59 bits per heavy atom. The van der Waals surface area contributed by atoms with Gasteiger partial charge < -0.3 is 19.9 Å². The van der Waals surface area contributed by atoms with Crippen LogP contribution in [0, 0.1) is 0 Å². The molecule has 0 radical (unpaired) electrons. The summed E-state index contributed by atoms with van der Waals surface area (Å²) in [6.45, 7) is 14.1. The lowest BCUT2D eigenvalue weighted by Crippen LogP contribution is -2.46. The molecule has 1 N–H and O–H groups in total. The van der Waals surface area contributed by atoms with Gasteiger partial charge in [-0.05, 0) is 53.9 Å². The number of piperazine rings is 1. The van der Waals surface area contributed by atoms with Crippen LogP contribution in [0.4, 0.5) is 11.4 Å². The molecule has 2 aromatic carbocycles. The van der Waals surface area contributed by atoms with Gasteiger partial charge in [0.15, 0.2) is 6.61 Å². The minimum Gasteiger partial charge on any atom is -0.484 e. The lowest BCUT2D eigenvalue weighted by molar-refractivity contribution is -0.118. The number of amides is 1. The van der Waals surface area contributed by atoms with Crippen molar-refractivity contribution < 1.29 is 9.53 Å².